The van der Waals surface area contributed by atoms with Crippen molar-refractivity contribution in [2.24, 2.45) is 0 Å². The Bertz CT molecular complexity index is 1110. The number of rotatable bonds is 1. The fourth-order valence-corrected chi connectivity index (χ4v) is 3.45. The van der Waals surface area contributed by atoms with Gasteiger partial charge in [-0.05, 0) is 29.7 Å². The predicted octanol–water partition coefficient (Wildman–Crippen LogP) is 5.33. The Morgan fingerprint density at radius 1 is 0.609 bits per heavy atom. The summed E-state index contributed by atoms with van der Waals surface area (Å²) in [6.45, 7) is 0. The zero-order valence-corrected chi connectivity index (χ0v) is 12.5. The van der Waals surface area contributed by atoms with Gasteiger partial charge in [0, 0.05) is 17.0 Å². The zero-order chi connectivity index (χ0) is 15.2. The van der Waals surface area contributed by atoms with Gasteiger partial charge in [0.15, 0.2) is 0 Å². The number of aromatic nitrogens is 2. The van der Waals surface area contributed by atoms with Crippen LogP contribution in [-0.4, -0.2) is 9.55 Å². The van der Waals surface area contributed by atoms with Gasteiger partial charge in [0.1, 0.15) is 0 Å². The summed E-state index contributed by atoms with van der Waals surface area (Å²) >= 11 is 0. The molecule has 0 aliphatic heterocycles. The van der Waals surface area contributed by atoms with Gasteiger partial charge in [-0.15, -0.1) is 0 Å². The van der Waals surface area contributed by atoms with E-state index in [1.54, 1.807) is 0 Å². The van der Waals surface area contributed by atoms with E-state index in [0.29, 0.717) is 0 Å². The molecule has 2 heteroatoms. The Balaban J connectivity index is 2.03. The first kappa shape index (κ1) is 12.4. The van der Waals surface area contributed by atoms with Gasteiger partial charge in [-0.25, -0.2) is 0 Å². The minimum Gasteiger partial charge on any atom is -0.307 e. The van der Waals surface area contributed by atoms with Crippen LogP contribution in [0.15, 0.2) is 85.1 Å². The lowest BCUT2D eigenvalue weighted by Crippen LogP contribution is -1.95. The molecular formula is C21H14N2. The van der Waals surface area contributed by atoms with E-state index in [4.69, 9.17) is 0 Å². The summed E-state index contributed by atoms with van der Waals surface area (Å²) in [6, 6.07) is 27.6. The summed E-state index contributed by atoms with van der Waals surface area (Å²) in [5, 5.41) is 3.69. The summed E-state index contributed by atoms with van der Waals surface area (Å²) in [7, 11) is 0. The maximum Gasteiger partial charge on any atom is 0.0963 e. The van der Waals surface area contributed by atoms with Crippen LogP contribution in [0, 0.1) is 0 Å². The molecule has 0 atom stereocenters. The number of hydrogen-bond donors (Lipinski definition) is 0. The summed E-state index contributed by atoms with van der Waals surface area (Å²) < 4.78 is 2.32. The second-order valence-corrected chi connectivity index (χ2v) is 5.72. The van der Waals surface area contributed by atoms with Crippen LogP contribution in [0.4, 0.5) is 0 Å². The van der Waals surface area contributed by atoms with Gasteiger partial charge < -0.3 is 4.57 Å². The molecular weight excluding hydrogens is 280 g/mol. The van der Waals surface area contributed by atoms with E-state index < -0.39 is 0 Å². The normalized spacial score (nSPS) is 11.5. The van der Waals surface area contributed by atoms with Crippen LogP contribution < -0.4 is 0 Å². The van der Waals surface area contributed by atoms with Crippen molar-refractivity contribution in [3.63, 3.8) is 0 Å². The fraction of sp³-hybridized carbons (Fsp3) is 0. The quantitative estimate of drug-likeness (QED) is 0.408. The Kier molecular flexibility index (Phi) is 2.53. The Labute approximate surface area is 133 Å². The lowest BCUT2D eigenvalue weighted by atomic mass is 10.1. The molecule has 108 valence electrons. The summed E-state index contributed by atoms with van der Waals surface area (Å²) in [6.07, 6.45) is 1.86. The highest BCUT2D eigenvalue weighted by Crippen LogP contribution is 2.33. The highest BCUT2D eigenvalue weighted by atomic mass is 15.0. The molecule has 0 spiro atoms. The number of pyridine rings is 1. The SMILES string of the molecule is c1ccc2c(-n3c4ccccc4c4ncccc43)cccc2c1. The molecule has 0 aliphatic rings. The highest BCUT2D eigenvalue weighted by molar-refractivity contribution is 6.08. The van der Waals surface area contributed by atoms with E-state index in [1.165, 1.54) is 27.4 Å². The van der Waals surface area contributed by atoms with Crippen LogP contribution in [0.5, 0.6) is 0 Å². The average Bonchev–Trinajstić information content (AvgIpc) is 2.96. The van der Waals surface area contributed by atoms with E-state index in [9.17, 15) is 0 Å². The largest absolute Gasteiger partial charge is 0.307 e. The molecule has 0 N–H and O–H groups in total. The molecule has 0 radical (unpaired) electrons. The Hall–Kier alpha value is -3.13. The maximum absolute atomic E-state index is 4.61. The first-order valence-electron chi connectivity index (χ1n) is 7.76. The highest BCUT2D eigenvalue weighted by Gasteiger charge is 2.13. The van der Waals surface area contributed by atoms with Crippen molar-refractivity contribution >= 4 is 32.7 Å². The molecule has 5 aromatic rings. The molecule has 2 aromatic heterocycles. The van der Waals surface area contributed by atoms with Crippen LogP contribution in [0.1, 0.15) is 0 Å². The fourth-order valence-electron chi connectivity index (χ4n) is 3.45. The third-order valence-corrected chi connectivity index (χ3v) is 4.43. The van der Waals surface area contributed by atoms with Crippen LogP contribution in [0.25, 0.3) is 38.4 Å². The topological polar surface area (TPSA) is 17.8 Å². The van der Waals surface area contributed by atoms with Crippen LogP contribution in [-0.2, 0) is 0 Å². The lowest BCUT2D eigenvalue weighted by molar-refractivity contribution is 1.19. The minimum atomic E-state index is 1.05. The van der Waals surface area contributed by atoms with Crippen molar-refractivity contribution in [3.05, 3.63) is 85.1 Å². The van der Waals surface area contributed by atoms with E-state index >= 15 is 0 Å². The van der Waals surface area contributed by atoms with Crippen molar-refractivity contribution in [1.29, 1.82) is 0 Å². The van der Waals surface area contributed by atoms with Gasteiger partial charge in [0.25, 0.3) is 0 Å². The maximum atomic E-state index is 4.61. The Morgan fingerprint density at radius 2 is 1.35 bits per heavy atom. The van der Waals surface area contributed by atoms with Gasteiger partial charge in [-0.1, -0.05) is 54.6 Å². The first-order chi connectivity index (χ1) is 11.4. The zero-order valence-electron chi connectivity index (χ0n) is 12.5. The summed E-state index contributed by atoms with van der Waals surface area (Å²) in [4.78, 5) is 4.61. The number of nitrogens with zero attached hydrogens (tertiary/aromatic N) is 2. The number of para-hydroxylation sites is 1. The van der Waals surface area contributed by atoms with E-state index in [-0.39, 0.29) is 0 Å². The van der Waals surface area contributed by atoms with Crippen LogP contribution in [0.2, 0.25) is 0 Å². The number of hydrogen-bond acceptors (Lipinski definition) is 1. The molecule has 2 heterocycles. The van der Waals surface area contributed by atoms with Gasteiger partial charge in [0.05, 0.1) is 22.2 Å². The van der Waals surface area contributed by atoms with Crippen LogP contribution >= 0.6 is 0 Å². The molecule has 0 unspecified atom stereocenters. The monoisotopic (exact) mass is 294 g/mol. The van der Waals surface area contributed by atoms with E-state index in [2.05, 4.69) is 82.3 Å². The third kappa shape index (κ3) is 1.72. The van der Waals surface area contributed by atoms with Crippen molar-refractivity contribution in [2.75, 3.05) is 0 Å². The van der Waals surface area contributed by atoms with Crippen molar-refractivity contribution in [2.45, 2.75) is 0 Å². The van der Waals surface area contributed by atoms with Crippen molar-refractivity contribution < 1.29 is 0 Å². The second kappa shape index (κ2) is 4.68. The molecule has 2 nitrogen and oxygen atoms in total. The smallest absolute Gasteiger partial charge is 0.0963 e. The van der Waals surface area contributed by atoms with Gasteiger partial charge in [0.2, 0.25) is 0 Å². The van der Waals surface area contributed by atoms with Crippen LogP contribution in [0.3, 0.4) is 0 Å². The second-order valence-electron chi connectivity index (χ2n) is 5.72. The summed E-state index contributed by atoms with van der Waals surface area (Å²) in [5.74, 6) is 0. The molecule has 5 rings (SSSR count). The molecule has 3 aromatic carbocycles. The first-order valence-corrected chi connectivity index (χ1v) is 7.76. The minimum absolute atomic E-state index is 1.05. The van der Waals surface area contributed by atoms with Gasteiger partial charge in [-0.3, -0.25) is 4.98 Å². The van der Waals surface area contributed by atoms with Crippen molar-refractivity contribution in [1.82, 2.24) is 9.55 Å². The molecule has 0 aliphatic carbocycles. The third-order valence-electron chi connectivity index (χ3n) is 4.43. The predicted molar refractivity (Wildman–Crippen MR) is 96.1 cm³/mol. The van der Waals surface area contributed by atoms with Gasteiger partial charge in [-0.2, -0.15) is 0 Å². The average molecular weight is 294 g/mol. The van der Waals surface area contributed by atoms with Crippen molar-refractivity contribution in [3.8, 4) is 5.69 Å². The van der Waals surface area contributed by atoms with Gasteiger partial charge >= 0.3 is 0 Å². The van der Waals surface area contributed by atoms with E-state index in [0.717, 1.165) is 11.0 Å². The van der Waals surface area contributed by atoms with E-state index in [1.807, 2.05) is 12.3 Å². The molecule has 0 amide bonds. The molecule has 0 saturated heterocycles. The Morgan fingerprint density at radius 3 is 2.30 bits per heavy atom. The summed E-state index contributed by atoms with van der Waals surface area (Å²) in [5.41, 5.74) is 4.58. The molecule has 0 bridgehead atoms. The molecule has 0 fully saturated rings. The number of fused-ring (bicyclic) bond motifs is 4. The number of benzene rings is 3. The molecule has 23 heavy (non-hydrogen) atoms. The molecule has 0 saturated carbocycles. The standard InChI is InChI=1S/C21H14N2/c1-2-9-16-15(7-1)8-5-12-18(16)23-19-11-4-3-10-17(19)21-20(23)13-6-14-22-21/h1-14H. The lowest BCUT2D eigenvalue weighted by Gasteiger charge is -2.11.